The van der Waals surface area contributed by atoms with Gasteiger partial charge in [-0.1, -0.05) is 11.8 Å². The topological polar surface area (TPSA) is 79.1 Å². The first-order valence-electron chi connectivity index (χ1n) is 4.72. The van der Waals surface area contributed by atoms with Gasteiger partial charge in [0.25, 0.3) is 5.91 Å². The van der Waals surface area contributed by atoms with Crippen LogP contribution in [0.3, 0.4) is 0 Å². The minimum atomic E-state index is -2.73. The maximum atomic E-state index is 11.4. The van der Waals surface area contributed by atoms with Crippen LogP contribution in [0.15, 0.2) is 18.2 Å². The number of fused-ring (bicyclic) bond motifs is 1. The number of hydrogen-bond donors (Lipinski definition) is 3. The van der Waals surface area contributed by atoms with E-state index in [1.54, 1.807) is 6.66 Å². The van der Waals surface area contributed by atoms with E-state index in [1.165, 1.54) is 0 Å². The fourth-order valence-electron chi connectivity index (χ4n) is 1.76. The summed E-state index contributed by atoms with van der Waals surface area (Å²) in [6.07, 6.45) is -2.73. The zero-order valence-electron chi connectivity index (χ0n) is 8.90. The van der Waals surface area contributed by atoms with Gasteiger partial charge in [0.05, 0.1) is 6.26 Å². The van der Waals surface area contributed by atoms with Gasteiger partial charge < -0.3 is 15.6 Å². The number of rotatable bonds is 2. The summed E-state index contributed by atoms with van der Waals surface area (Å²) in [6, 6.07) is 5.64. The maximum Gasteiger partial charge on any atom is 0.265 e. The van der Waals surface area contributed by atoms with Crippen LogP contribution in [0.1, 0.15) is 10.5 Å². The third kappa shape index (κ3) is 2.40. The molecule has 90 valence electrons. The van der Waals surface area contributed by atoms with E-state index < -0.39 is 12.2 Å². The van der Waals surface area contributed by atoms with E-state index in [0.717, 1.165) is 14.5 Å². The van der Waals surface area contributed by atoms with Crippen molar-refractivity contribution in [1.82, 2.24) is 4.98 Å². The summed E-state index contributed by atoms with van der Waals surface area (Å²) < 4.78 is 1.01. The first kappa shape index (κ1) is 13.0. The Morgan fingerprint density at radius 1 is 1.59 bits per heavy atom. The predicted octanol–water partition coefficient (Wildman–Crippen LogP) is 1.51. The van der Waals surface area contributed by atoms with Crippen molar-refractivity contribution in [2.24, 2.45) is 5.73 Å². The van der Waals surface area contributed by atoms with E-state index in [0.29, 0.717) is 5.30 Å². The van der Waals surface area contributed by atoms with Crippen molar-refractivity contribution in [3.63, 3.8) is 0 Å². The van der Waals surface area contributed by atoms with Gasteiger partial charge in [-0.15, -0.1) is 0 Å². The molecule has 7 heteroatoms. The molecule has 17 heavy (non-hydrogen) atoms. The van der Waals surface area contributed by atoms with Crippen molar-refractivity contribution >= 4 is 62.8 Å². The average molecular weight is 380 g/mol. The van der Waals surface area contributed by atoms with Crippen LogP contribution in [0.5, 0.6) is 0 Å². The third-order valence-corrected chi connectivity index (χ3v) is 4.91. The number of amides is 1. The van der Waals surface area contributed by atoms with Gasteiger partial charge in [0, 0.05) is 19.8 Å². The molecule has 0 aliphatic carbocycles. The molecule has 4 nitrogen and oxygen atoms in total. The van der Waals surface area contributed by atoms with Crippen molar-refractivity contribution in [3.05, 3.63) is 27.5 Å². The van der Waals surface area contributed by atoms with Crippen molar-refractivity contribution in [1.29, 1.82) is 0 Å². The minimum Gasteiger partial charge on any atom is -0.364 e. The minimum absolute atomic E-state index is 0.218. The molecule has 4 N–H and O–H groups in total. The summed E-state index contributed by atoms with van der Waals surface area (Å²) in [6.45, 7) is 1.57. The Morgan fingerprint density at radius 3 is 2.76 bits per heavy atom. The third-order valence-electron chi connectivity index (χ3n) is 2.39. The molecule has 1 atom stereocenters. The quantitative estimate of drug-likeness (QED) is 0.546. The molecule has 0 spiro atoms. The molecular formula is C10H10IN2O2PS. The van der Waals surface area contributed by atoms with Gasteiger partial charge >= 0.3 is 0 Å². The zero-order valence-corrected chi connectivity index (χ0v) is 12.8. The average Bonchev–Trinajstić information content (AvgIpc) is 2.55. The van der Waals surface area contributed by atoms with Crippen molar-refractivity contribution in [3.8, 4) is 0 Å². The molecule has 1 aromatic heterocycles. The lowest BCUT2D eigenvalue weighted by Crippen LogP contribution is -2.20. The number of nitrogens with two attached hydrogens (primary N) is 1. The number of primary amides is 1. The number of benzene rings is 1. The SMILES string of the molecule is C[P@@](O)(=S)c1c(C(N)=O)[nH]c2ccc(I)cc12. The lowest BCUT2D eigenvalue weighted by Gasteiger charge is -2.09. The summed E-state index contributed by atoms with van der Waals surface area (Å²) in [7, 11) is 0. The Morgan fingerprint density at radius 2 is 2.24 bits per heavy atom. The van der Waals surface area contributed by atoms with Gasteiger partial charge in [-0.25, -0.2) is 0 Å². The Bertz CT molecular complexity index is 662. The summed E-state index contributed by atoms with van der Waals surface area (Å²) in [5.41, 5.74) is 6.28. The van der Waals surface area contributed by atoms with E-state index in [9.17, 15) is 9.69 Å². The van der Waals surface area contributed by atoms with Gasteiger partial charge in [-0.3, -0.25) is 4.79 Å². The zero-order chi connectivity index (χ0) is 12.8. The normalized spacial score (nSPS) is 14.8. The smallest absolute Gasteiger partial charge is 0.265 e. The Kier molecular flexibility index (Phi) is 3.33. The second-order valence-electron chi connectivity index (χ2n) is 3.78. The summed E-state index contributed by atoms with van der Waals surface area (Å²) >= 11 is 7.28. The highest BCUT2D eigenvalue weighted by Gasteiger charge is 2.23. The highest BCUT2D eigenvalue weighted by Crippen LogP contribution is 2.39. The molecule has 0 aliphatic heterocycles. The fraction of sp³-hybridized carbons (Fsp3) is 0.100. The first-order chi connectivity index (χ1) is 7.80. The van der Waals surface area contributed by atoms with Crippen molar-refractivity contribution < 1.29 is 9.69 Å². The van der Waals surface area contributed by atoms with E-state index >= 15 is 0 Å². The molecule has 0 fully saturated rings. The molecule has 1 aromatic carbocycles. The number of aromatic amines is 1. The van der Waals surface area contributed by atoms with E-state index in [-0.39, 0.29) is 5.69 Å². The number of carbonyl (C=O) groups excluding carboxylic acids is 1. The van der Waals surface area contributed by atoms with Crippen LogP contribution in [0.25, 0.3) is 10.9 Å². The molecule has 0 radical (unpaired) electrons. The van der Waals surface area contributed by atoms with Crippen LogP contribution in [-0.4, -0.2) is 22.4 Å². The highest BCUT2D eigenvalue weighted by atomic mass is 127. The Labute approximate surface area is 117 Å². The Hall–Kier alpha value is -0.430. The van der Waals surface area contributed by atoms with E-state index in [2.05, 4.69) is 27.6 Å². The lowest BCUT2D eigenvalue weighted by atomic mass is 10.2. The molecule has 0 saturated heterocycles. The number of H-pyrrole nitrogens is 1. The van der Waals surface area contributed by atoms with Gasteiger partial charge in [0.15, 0.2) is 0 Å². The monoisotopic (exact) mass is 380 g/mol. The van der Waals surface area contributed by atoms with Crippen molar-refractivity contribution in [2.45, 2.75) is 0 Å². The maximum absolute atomic E-state index is 11.4. The molecule has 0 aliphatic rings. The van der Waals surface area contributed by atoms with Crippen molar-refractivity contribution in [2.75, 3.05) is 6.66 Å². The van der Waals surface area contributed by atoms with E-state index in [4.69, 9.17) is 17.5 Å². The molecule has 2 aromatic rings. The van der Waals surface area contributed by atoms with Crippen LogP contribution >= 0.6 is 28.9 Å². The molecular weight excluding hydrogens is 370 g/mol. The standard InChI is InChI=1S/C10H10IN2O2PS/c1-16(15,17)9-6-4-5(11)2-3-7(6)13-8(9)10(12)14/h2-4,13H,1H3,(H2,12,14)(H,15,17)/t16-/m1/s1. The Balaban J connectivity index is 2.93. The van der Waals surface area contributed by atoms with Crippen LogP contribution in [0.4, 0.5) is 0 Å². The van der Waals surface area contributed by atoms with Gasteiger partial charge in [0.2, 0.25) is 0 Å². The number of carbonyl (C=O) groups is 1. The predicted molar refractivity (Wildman–Crippen MR) is 81.6 cm³/mol. The van der Waals surface area contributed by atoms with Crippen LogP contribution in [0.2, 0.25) is 0 Å². The lowest BCUT2D eigenvalue weighted by molar-refractivity contribution is 0.0997. The van der Waals surface area contributed by atoms with Crippen LogP contribution in [-0.2, 0) is 11.8 Å². The van der Waals surface area contributed by atoms with E-state index in [1.807, 2.05) is 18.2 Å². The fourth-order valence-corrected chi connectivity index (χ4v) is 4.03. The summed E-state index contributed by atoms with van der Waals surface area (Å²) in [4.78, 5) is 24.4. The number of aromatic nitrogens is 1. The van der Waals surface area contributed by atoms with Crippen LogP contribution in [0, 0.1) is 3.57 Å². The number of halogens is 1. The number of nitrogens with one attached hydrogen (secondary N) is 1. The van der Waals surface area contributed by atoms with Gasteiger partial charge in [-0.05, 0) is 47.5 Å². The molecule has 0 saturated carbocycles. The molecule has 0 bridgehead atoms. The molecule has 1 heterocycles. The highest BCUT2D eigenvalue weighted by molar-refractivity contribution is 14.1. The van der Waals surface area contributed by atoms with Gasteiger partial charge in [0.1, 0.15) is 5.69 Å². The van der Waals surface area contributed by atoms with Gasteiger partial charge in [-0.2, -0.15) is 0 Å². The second-order valence-corrected chi connectivity index (χ2v) is 9.37. The summed E-state index contributed by atoms with van der Waals surface area (Å²) in [5.74, 6) is -0.601. The summed E-state index contributed by atoms with van der Waals surface area (Å²) in [5, 5.41) is 1.26. The number of hydrogen-bond acceptors (Lipinski definition) is 2. The second kappa shape index (κ2) is 4.35. The molecule has 2 rings (SSSR count). The van der Waals surface area contributed by atoms with Crippen LogP contribution < -0.4 is 11.0 Å². The largest absolute Gasteiger partial charge is 0.364 e. The molecule has 1 amide bonds. The first-order valence-corrected chi connectivity index (χ1v) is 9.00. The molecule has 0 unspecified atom stereocenters.